The highest BCUT2D eigenvalue weighted by Gasteiger charge is 2.25. The van der Waals surface area contributed by atoms with Crippen LogP contribution in [0.4, 0.5) is 0 Å². The highest BCUT2D eigenvalue weighted by atomic mass is 32.2. The van der Waals surface area contributed by atoms with Crippen molar-refractivity contribution in [3.63, 3.8) is 0 Å². The normalized spacial score (nSPS) is 10.8. The summed E-state index contributed by atoms with van der Waals surface area (Å²) in [5.74, 6) is 0.739. The number of rotatable bonds is 4. The lowest BCUT2D eigenvalue weighted by atomic mass is 10.1. The molecule has 0 rings (SSSR count). The van der Waals surface area contributed by atoms with Crippen LogP contribution in [0, 0.1) is 0 Å². The summed E-state index contributed by atoms with van der Waals surface area (Å²) in [6.07, 6.45) is 0.550. The summed E-state index contributed by atoms with van der Waals surface area (Å²) in [5.41, 5.74) is -0.734. The Morgan fingerprint density at radius 1 is 1.64 bits per heavy atom. The molecule has 1 N–H and O–H groups in total. The Hall–Kier alpha value is -0.510. The van der Waals surface area contributed by atoms with E-state index in [1.165, 1.54) is 11.8 Å². The summed E-state index contributed by atoms with van der Waals surface area (Å²) in [5, 5.41) is 2.45. The maximum absolute atomic E-state index is 11.2. The minimum atomic E-state index is -0.734. The summed E-state index contributed by atoms with van der Waals surface area (Å²) in [6.45, 7) is 5.28. The molecular formula is C7H13NO2S. The van der Waals surface area contributed by atoms with Gasteiger partial charge in [0.25, 0.3) is 0 Å². The van der Waals surface area contributed by atoms with E-state index in [1.807, 2.05) is 6.92 Å². The van der Waals surface area contributed by atoms with Crippen LogP contribution in [0.2, 0.25) is 0 Å². The van der Waals surface area contributed by atoms with E-state index in [0.717, 1.165) is 5.75 Å². The number of amides is 1. The second-order valence-corrected chi connectivity index (χ2v) is 3.84. The lowest BCUT2D eigenvalue weighted by Crippen LogP contribution is -2.44. The minimum absolute atomic E-state index is 0.00731. The predicted molar refractivity (Wildman–Crippen MR) is 46.4 cm³/mol. The Morgan fingerprint density at radius 2 is 2.18 bits per heavy atom. The maximum atomic E-state index is 11.2. The van der Waals surface area contributed by atoms with Crippen LogP contribution < -0.4 is 5.32 Å². The van der Waals surface area contributed by atoms with Crippen molar-refractivity contribution in [1.82, 2.24) is 5.32 Å². The third kappa shape index (κ3) is 3.41. The molecule has 0 heterocycles. The average molecular weight is 175 g/mol. The molecule has 0 saturated heterocycles. The second-order valence-electron chi connectivity index (χ2n) is 2.61. The fourth-order valence-corrected chi connectivity index (χ4v) is 1.20. The first-order valence-corrected chi connectivity index (χ1v) is 4.41. The highest BCUT2D eigenvalue weighted by molar-refractivity contribution is 8.13. The Labute approximate surface area is 70.9 Å². The van der Waals surface area contributed by atoms with Gasteiger partial charge < -0.3 is 5.32 Å². The summed E-state index contributed by atoms with van der Waals surface area (Å²) >= 11 is 1.22. The molecule has 0 aliphatic heterocycles. The number of thioether (sulfide) groups is 1. The van der Waals surface area contributed by atoms with Gasteiger partial charge >= 0.3 is 0 Å². The van der Waals surface area contributed by atoms with Crippen molar-refractivity contribution in [2.75, 3.05) is 5.75 Å². The van der Waals surface area contributed by atoms with Crippen LogP contribution in [0.1, 0.15) is 20.8 Å². The Kier molecular flexibility index (Phi) is 4.18. The topological polar surface area (TPSA) is 46.2 Å². The molecule has 1 amide bonds. The fourth-order valence-electron chi connectivity index (χ4n) is 0.518. The molecule has 0 aromatic carbocycles. The van der Waals surface area contributed by atoms with Crippen LogP contribution in [0.15, 0.2) is 0 Å². The lowest BCUT2D eigenvalue weighted by molar-refractivity contribution is -0.120. The van der Waals surface area contributed by atoms with Gasteiger partial charge in [0.2, 0.25) is 11.5 Å². The molecule has 0 bridgehead atoms. The average Bonchev–Trinajstić information content (AvgIpc) is 1.88. The zero-order chi connectivity index (χ0) is 8.91. The molecule has 0 aromatic heterocycles. The molecule has 0 radical (unpaired) electrons. The summed E-state index contributed by atoms with van der Waals surface area (Å²) in [7, 11) is 0. The van der Waals surface area contributed by atoms with Crippen molar-refractivity contribution in [2.45, 2.75) is 26.3 Å². The van der Waals surface area contributed by atoms with E-state index in [-0.39, 0.29) is 5.12 Å². The molecule has 0 aliphatic rings. The van der Waals surface area contributed by atoms with Crippen molar-refractivity contribution in [3.8, 4) is 0 Å². The standard InChI is InChI=1S/C7H13NO2S/c1-4-11-6(10)7(2,3)8-5-9/h5H,4H2,1-3H3,(H,8,9). The van der Waals surface area contributed by atoms with Gasteiger partial charge in [-0.2, -0.15) is 0 Å². The Balaban J connectivity index is 4.05. The molecule has 0 fully saturated rings. The van der Waals surface area contributed by atoms with Crippen LogP contribution in [0.25, 0.3) is 0 Å². The number of carbonyl (C=O) groups excluding carboxylic acids is 2. The SMILES string of the molecule is CCSC(=O)C(C)(C)NC=O. The smallest absolute Gasteiger partial charge is 0.213 e. The fraction of sp³-hybridized carbons (Fsp3) is 0.714. The minimum Gasteiger partial charge on any atom is -0.346 e. The molecule has 0 saturated carbocycles. The second kappa shape index (κ2) is 4.38. The molecule has 64 valence electrons. The molecule has 0 atom stereocenters. The predicted octanol–water partition coefficient (Wildman–Crippen LogP) is 0.791. The first-order chi connectivity index (χ1) is 5.04. The van der Waals surface area contributed by atoms with E-state index >= 15 is 0 Å². The maximum Gasteiger partial charge on any atom is 0.213 e. The zero-order valence-corrected chi connectivity index (χ0v) is 7.83. The zero-order valence-electron chi connectivity index (χ0n) is 7.01. The van der Waals surface area contributed by atoms with Crippen molar-refractivity contribution in [3.05, 3.63) is 0 Å². The van der Waals surface area contributed by atoms with Gasteiger partial charge in [0.1, 0.15) is 5.54 Å². The van der Waals surface area contributed by atoms with E-state index in [9.17, 15) is 9.59 Å². The molecule has 4 heteroatoms. The molecule has 0 aliphatic carbocycles. The third-order valence-corrected chi connectivity index (χ3v) is 2.27. The van der Waals surface area contributed by atoms with Crippen LogP contribution in [-0.4, -0.2) is 22.8 Å². The summed E-state index contributed by atoms with van der Waals surface area (Å²) in [6, 6.07) is 0. The van der Waals surface area contributed by atoms with Gasteiger partial charge in [-0.05, 0) is 19.6 Å². The number of hydrogen-bond donors (Lipinski definition) is 1. The molecule has 11 heavy (non-hydrogen) atoms. The first-order valence-electron chi connectivity index (χ1n) is 3.43. The molecule has 0 spiro atoms. The van der Waals surface area contributed by atoms with Gasteiger partial charge in [0, 0.05) is 0 Å². The summed E-state index contributed by atoms with van der Waals surface area (Å²) in [4.78, 5) is 21.3. The van der Waals surface area contributed by atoms with E-state index in [4.69, 9.17) is 0 Å². The third-order valence-electron chi connectivity index (χ3n) is 1.21. The highest BCUT2D eigenvalue weighted by Crippen LogP contribution is 2.13. The first kappa shape index (κ1) is 10.5. The number of hydrogen-bond acceptors (Lipinski definition) is 3. The van der Waals surface area contributed by atoms with Crippen LogP contribution in [0.5, 0.6) is 0 Å². The van der Waals surface area contributed by atoms with E-state index < -0.39 is 5.54 Å². The molecular weight excluding hydrogens is 162 g/mol. The van der Waals surface area contributed by atoms with E-state index in [1.54, 1.807) is 13.8 Å². The van der Waals surface area contributed by atoms with Crippen LogP contribution >= 0.6 is 11.8 Å². The quantitative estimate of drug-likeness (QED) is 0.643. The van der Waals surface area contributed by atoms with E-state index in [0.29, 0.717) is 6.41 Å². The Bertz CT molecular complexity index is 157. The van der Waals surface area contributed by atoms with Crippen LogP contribution in [-0.2, 0) is 9.59 Å². The Morgan fingerprint density at radius 3 is 2.55 bits per heavy atom. The molecule has 0 unspecified atom stereocenters. The van der Waals surface area contributed by atoms with Crippen molar-refractivity contribution >= 4 is 23.3 Å². The van der Waals surface area contributed by atoms with Crippen LogP contribution in [0.3, 0.4) is 0 Å². The van der Waals surface area contributed by atoms with Gasteiger partial charge in [0.05, 0.1) is 0 Å². The van der Waals surface area contributed by atoms with Crippen molar-refractivity contribution in [2.24, 2.45) is 0 Å². The van der Waals surface area contributed by atoms with Crippen molar-refractivity contribution < 1.29 is 9.59 Å². The van der Waals surface area contributed by atoms with E-state index in [2.05, 4.69) is 5.32 Å². The molecule has 0 aromatic rings. The lowest BCUT2D eigenvalue weighted by Gasteiger charge is -2.20. The number of nitrogens with one attached hydrogen (secondary N) is 1. The van der Waals surface area contributed by atoms with Gasteiger partial charge in [-0.15, -0.1) is 0 Å². The molecule has 3 nitrogen and oxygen atoms in total. The van der Waals surface area contributed by atoms with Crippen molar-refractivity contribution in [1.29, 1.82) is 0 Å². The number of carbonyl (C=O) groups is 2. The van der Waals surface area contributed by atoms with Gasteiger partial charge in [-0.3, -0.25) is 9.59 Å². The van der Waals surface area contributed by atoms with Gasteiger partial charge in [-0.25, -0.2) is 0 Å². The summed E-state index contributed by atoms with van der Waals surface area (Å²) < 4.78 is 0. The monoisotopic (exact) mass is 175 g/mol. The van der Waals surface area contributed by atoms with Gasteiger partial charge in [0.15, 0.2) is 0 Å². The van der Waals surface area contributed by atoms with Gasteiger partial charge in [-0.1, -0.05) is 18.7 Å². The largest absolute Gasteiger partial charge is 0.346 e.